The lowest BCUT2D eigenvalue weighted by Crippen LogP contribution is -2.38. The Morgan fingerprint density at radius 2 is 1.71 bits per heavy atom. The van der Waals surface area contributed by atoms with Crippen LogP contribution in [0.15, 0.2) is 53.0 Å². The van der Waals surface area contributed by atoms with Crippen molar-refractivity contribution in [2.75, 3.05) is 13.1 Å². The summed E-state index contributed by atoms with van der Waals surface area (Å²) in [6, 6.07) is 15.8. The van der Waals surface area contributed by atoms with Gasteiger partial charge in [0.25, 0.3) is 5.92 Å². The fraction of sp³-hybridized carbons (Fsp3) is 0.368. The van der Waals surface area contributed by atoms with Gasteiger partial charge in [-0.15, -0.1) is 0 Å². The summed E-state index contributed by atoms with van der Waals surface area (Å²) in [5.41, 5.74) is 2.17. The van der Waals surface area contributed by atoms with Gasteiger partial charge in [-0.25, -0.2) is 8.78 Å². The number of ether oxygens (including phenoxy) is 1. The zero-order valence-electron chi connectivity index (χ0n) is 13.4. The third-order valence-corrected chi connectivity index (χ3v) is 5.16. The predicted octanol–water partition coefficient (Wildman–Crippen LogP) is 5.26. The van der Waals surface area contributed by atoms with E-state index in [4.69, 9.17) is 4.74 Å². The SMILES string of the molecule is FC1(F)CCN(Cc2cccc(OCc3ccccc3)c2Br)CC1. The average molecular weight is 396 g/mol. The summed E-state index contributed by atoms with van der Waals surface area (Å²) < 4.78 is 33.3. The molecule has 0 aromatic heterocycles. The highest BCUT2D eigenvalue weighted by Crippen LogP contribution is 2.32. The van der Waals surface area contributed by atoms with Gasteiger partial charge < -0.3 is 4.74 Å². The van der Waals surface area contributed by atoms with E-state index in [1.807, 2.05) is 48.5 Å². The highest BCUT2D eigenvalue weighted by molar-refractivity contribution is 9.10. The van der Waals surface area contributed by atoms with Crippen LogP contribution in [0.4, 0.5) is 8.78 Å². The zero-order chi connectivity index (χ0) is 17.0. The predicted molar refractivity (Wildman–Crippen MR) is 94.4 cm³/mol. The van der Waals surface area contributed by atoms with E-state index in [2.05, 4.69) is 20.8 Å². The molecule has 0 unspecified atom stereocenters. The van der Waals surface area contributed by atoms with E-state index in [1.165, 1.54) is 0 Å². The maximum atomic E-state index is 13.3. The van der Waals surface area contributed by atoms with Crippen LogP contribution in [-0.4, -0.2) is 23.9 Å². The lowest BCUT2D eigenvalue weighted by atomic mass is 10.1. The first-order valence-corrected chi connectivity index (χ1v) is 8.87. The Hall–Kier alpha value is -1.46. The fourth-order valence-electron chi connectivity index (χ4n) is 2.80. The fourth-order valence-corrected chi connectivity index (χ4v) is 3.31. The number of rotatable bonds is 5. The average Bonchev–Trinajstić information content (AvgIpc) is 2.58. The maximum Gasteiger partial charge on any atom is 0.250 e. The number of alkyl halides is 2. The topological polar surface area (TPSA) is 12.5 Å². The molecule has 2 aromatic carbocycles. The molecule has 0 radical (unpaired) electrons. The zero-order valence-corrected chi connectivity index (χ0v) is 14.9. The van der Waals surface area contributed by atoms with Crippen LogP contribution >= 0.6 is 15.9 Å². The molecular weight excluding hydrogens is 376 g/mol. The smallest absolute Gasteiger partial charge is 0.250 e. The molecule has 128 valence electrons. The Morgan fingerprint density at radius 3 is 2.42 bits per heavy atom. The largest absolute Gasteiger partial charge is 0.488 e. The number of likely N-dealkylation sites (tertiary alicyclic amines) is 1. The Labute approximate surface area is 149 Å². The van der Waals surface area contributed by atoms with Gasteiger partial charge in [0.1, 0.15) is 12.4 Å². The van der Waals surface area contributed by atoms with Crippen LogP contribution in [0.5, 0.6) is 5.75 Å². The van der Waals surface area contributed by atoms with Crippen LogP contribution in [0, 0.1) is 0 Å². The van der Waals surface area contributed by atoms with E-state index in [-0.39, 0.29) is 12.8 Å². The molecule has 0 aliphatic carbocycles. The summed E-state index contributed by atoms with van der Waals surface area (Å²) in [7, 11) is 0. The summed E-state index contributed by atoms with van der Waals surface area (Å²) in [6.45, 7) is 2.00. The van der Waals surface area contributed by atoms with Crippen LogP contribution in [0.1, 0.15) is 24.0 Å². The molecule has 1 heterocycles. The molecule has 3 rings (SSSR count). The summed E-state index contributed by atoms with van der Waals surface area (Å²) >= 11 is 3.60. The van der Waals surface area contributed by atoms with Crippen molar-refractivity contribution in [1.82, 2.24) is 4.90 Å². The van der Waals surface area contributed by atoms with Gasteiger partial charge in [0.05, 0.1) is 4.47 Å². The Balaban J connectivity index is 1.63. The van der Waals surface area contributed by atoms with Gasteiger partial charge in [0, 0.05) is 32.5 Å². The van der Waals surface area contributed by atoms with Gasteiger partial charge in [0.15, 0.2) is 0 Å². The number of halogens is 3. The molecule has 0 spiro atoms. The first-order valence-electron chi connectivity index (χ1n) is 8.08. The molecule has 0 bridgehead atoms. The number of benzene rings is 2. The molecular formula is C19H20BrF2NO. The molecule has 1 aliphatic rings. The summed E-state index contributed by atoms with van der Waals surface area (Å²) in [6.07, 6.45) is -0.121. The molecule has 1 aliphatic heterocycles. The number of nitrogens with zero attached hydrogens (tertiary/aromatic N) is 1. The van der Waals surface area contributed by atoms with Gasteiger partial charge >= 0.3 is 0 Å². The van der Waals surface area contributed by atoms with E-state index >= 15 is 0 Å². The minimum absolute atomic E-state index is 0.0607. The van der Waals surface area contributed by atoms with Crippen molar-refractivity contribution in [3.05, 3.63) is 64.1 Å². The van der Waals surface area contributed by atoms with Crippen molar-refractivity contribution in [1.29, 1.82) is 0 Å². The van der Waals surface area contributed by atoms with Gasteiger partial charge in [-0.05, 0) is 33.1 Å². The lowest BCUT2D eigenvalue weighted by Gasteiger charge is -2.32. The molecule has 5 heteroatoms. The maximum absolute atomic E-state index is 13.3. The van der Waals surface area contributed by atoms with Gasteiger partial charge in [-0.2, -0.15) is 0 Å². The van der Waals surface area contributed by atoms with Crippen LogP contribution in [0.3, 0.4) is 0 Å². The molecule has 0 N–H and O–H groups in total. The first-order chi connectivity index (χ1) is 11.5. The van der Waals surface area contributed by atoms with Gasteiger partial charge in [-0.3, -0.25) is 4.90 Å². The molecule has 0 amide bonds. The number of hydrogen-bond donors (Lipinski definition) is 0. The molecule has 2 aromatic rings. The third kappa shape index (κ3) is 4.54. The van der Waals surface area contributed by atoms with Crippen LogP contribution in [-0.2, 0) is 13.2 Å². The Bertz CT molecular complexity index is 668. The highest BCUT2D eigenvalue weighted by atomic mass is 79.9. The first kappa shape index (κ1) is 17.4. The minimum atomic E-state index is -2.51. The normalized spacial score (nSPS) is 17.6. The summed E-state index contributed by atoms with van der Waals surface area (Å²) in [5, 5.41) is 0. The molecule has 0 saturated carbocycles. The van der Waals surface area contributed by atoms with E-state index in [0.717, 1.165) is 21.3 Å². The van der Waals surface area contributed by atoms with Crippen molar-refractivity contribution in [3.63, 3.8) is 0 Å². The van der Waals surface area contributed by atoms with E-state index < -0.39 is 5.92 Å². The monoisotopic (exact) mass is 395 g/mol. The Morgan fingerprint density at radius 1 is 1.00 bits per heavy atom. The molecule has 0 atom stereocenters. The van der Waals surface area contributed by atoms with Crippen molar-refractivity contribution in [2.24, 2.45) is 0 Å². The van der Waals surface area contributed by atoms with Crippen LogP contribution in [0.2, 0.25) is 0 Å². The third-order valence-electron chi connectivity index (χ3n) is 4.26. The van der Waals surface area contributed by atoms with Gasteiger partial charge in [0.2, 0.25) is 0 Å². The summed E-state index contributed by atoms with van der Waals surface area (Å²) in [4.78, 5) is 2.07. The quantitative estimate of drug-likeness (QED) is 0.684. The second-order valence-electron chi connectivity index (χ2n) is 6.14. The number of hydrogen-bond acceptors (Lipinski definition) is 2. The van der Waals surface area contributed by atoms with Crippen molar-refractivity contribution < 1.29 is 13.5 Å². The lowest BCUT2D eigenvalue weighted by molar-refractivity contribution is -0.0566. The van der Waals surface area contributed by atoms with E-state index in [0.29, 0.717) is 26.2 Å². The Kier molecular flexibility index (Phi) is 5.51. The van der Waals surface area contributed by atoms with Crippen molar-refractivity contribution >= 4 is 15.9 Å². The van der Waals surface area contributed by atoms with Crippen LogP contribution < -0.4 is 4.74 Å². The van der Waals surface area contributed by atoms with E-state index in [1.54, 1.807) is 0 Å². The van der Waals surface area contributed by atoms with Crippen LogP contribution in [0.25, 0.3) is 0 Å². The summed E-state index contributed by atoms with van der Waals surface area (Å²) in [5.74, 6) is -1.73. The van der Waals surface area contributed by atoms with Crippen molar-refractivity contribution in [2.45, 2.75) is 31.9 Å². The second-order valence-corrected chi connectivity index (χ2v) is 6.93. The highest BCUT2D eigenvalue weighted by Gasteiger charge is 2.33. The second kappa shape index (κ2) is 7.62. The van der Waals surface area contributed by atoms with E-state index in [9.17, 15) is 8.78 Å². The molecule has 1 fully saturated rings. The standard InChI is InChI=1S/C19H20BrF2NO/c20-18-16(13-23-11-9-19(21,22)10-12-23)7-4-8-17(18)24-14-15-5-2-1-3-6-15/h1-8H,9-14H2. The van der Waals surface area contributed by atoms with Crippen molar-refractivity contribution in [3.8, 4) is 5.75 Å². The van der Waals surface area contributed by atoms with Gasteiger partial charge in [-0.1, -0.05) is 42.5 Å². The molecule has 1 saturated heterocycles. The number of piperidine rings is 1. The minimum Gasteiger partial charge on any atom is -0.488 e. The molecule has 2 nitrogen and oxygen atoms in total. The molecule has 24 heavy (non-hydrogen) atoms.